The molecule has 1 aromatic rings. The van der Waals surface area contributed by atoms with Crippen molar-refractivity contribution in [2.24, 2.45) is 5.41 Å². The molecule has 0 atom stereocenters. The van der Waals surface area contributed by atoms with E-state index in [0.717, 1.165) is 19.6 Å². The van der Waals surface area contributed by atoms with Crippen LogP contribution in [0.1, 0.15) is 33.3 Å². The highest BCUT2D eigenvalue weighted by Crippen LogP contribution is 2.26. The summed E-state index contributed by atoms with van der Waals surface area (Å²) in [7, 11) is 2.15. The van der Waals surface area contributed by atoms with Gasteiger partial charge in [0.2, 0.25) is 0 Å². The van der Waals surface area contributed by atoms with Crippen molar-refractivity contribution in [2.45, 2.75) is 34.2 Å². The number of nitrogens with zero attached hydrogens (tertiary/aromatic N) is 1. The lowest BCUT2D eigenvalue weighted by molar-refractivity contribution is 0.419. The van der Waals surface area contributed by atoms with Crippen molar-refractivity contribution in [3.8, 4) is 0 Å². The van der Waals surface area contributed by atoms with Gasteiger partial charge in [0.05, 0.1) is 0 Å². The average molecular weight is 313 g/mol. The predicted molar refractivity (Wildman–Crippen MR) is 84.2 cm³/mol. The van der Waals surface area contributed by atoms with Gasteiger partial charge in [-0.2, -0.15) is 0 Å². The molecule has 0 aliphatic carbocycles. The second-order valence-corrected chi connectivity index (χ2v) is 6.83. The van der Waals surface area contributed by atoms with Crippen LogP contribution in [0.3, 0.4) is 0 Å². The van der Waals surface area contributed by atoms with Crippen LogP contribution in [0.15, 0.2) is 22.7 Å². The Morgan fingerprint density at radius 1 is 1.28 bits per heavy atom. The minimum atomic E-state index is 0.309. The largest absolute Gasteiger partial charge is 0.374 e. The van der Waals surface area contributed by atoms with Crippen LogP contribution in [-0.4, -0.2) is 20.1 Å². The van der Waals surface area contributed by atoms with E-state index in [0.29, 0.717) is 5.41 Å². The normalized spacial score (nSPS) is 11.7. The zero-order valence-corrected chi connectivity index (χ0v) is 13.8. The molecule has 0 aliphatic heterocycles. The maximum Gasteiger partial charge on any atom is 0.0375 e. The van der Waals surface area contributed by atoms with Crippen molar-refractivity contribution in [1.29, 1.82) is 0 Å². The molecule has 1 rings (SSSR count). The molecule has 0 radical (unpaired) electrons. The van der Waals surface area contributed by atoms with E-state index in [-0.39, 0.29) is 0 Å². The van der Waals surface area contributed by atoms with Gasteiger partial charge in [0, 0.05) is 30.3 Å². The fraction of sp³-hybridized carbons (Fsp3) is 0.600. The molecule has 1 N–H and O–H groups in total. The molecular formula is C15H25BrN2. The summed E-state index contributed by atoms with van der Waals surface area (Å²) in [4.78, 5) is 2.31. The van der Waals surface area contributed by atoms with Gasteiger partial charge in [-0.1, -0.05) is 49.7 Å². The minimum absolute atomic E-state index is 0.309. The number of hydrogen-bond acceptors (Lipinski definition) is 2. The van der Waals surface area contributed by atoms with Gasteiger partial charge in [0.1, 0.15) is 0 Å². The van der Waals surface area contributed by atoms with E-state index in [2.05, 4.69) is 79.1 Å². The molecule has 3 heteroatoms. The van der Waals surface area contributed by atoms with Crippen LogP contribution in [0, 0.1) is 5.41 Å². The van der Waals surface area contributed by atoms with Gasteiger partial charge >= 0.3 is 0 Å². The van der Waals surface area contributed by atoms with Crippen LogP contribution < -0.4 is 10.2 Å². The standard InChI is InChI=1S/C15H25BrN2/c1-6-17-10-12-7-8-13(9-14(12)16)18(5)11-15(2,3)4/h7-9,17H,6,10-11H2,1-5H3. The Labute approximate surface area is 120 Å². The Kier molecular flexibility index (Phi) is 5.67. The lowest BCUT2D eigenvalue weighted by Gasteiger charge is -2.28. The number of nitrogens with one attached hydrogen (secondary N) is 1. The SMILES string of the molecule is CCNCc1ccc(N(C)CC(C)(C)C)cc1Br. The number of benzene rings is 1. The van der Waals surface area contributed by atoms with E-state index >= 15 is 0 Å². The summed E-state index contributed by atoms with van der Waals surface area (Å²) < 4.78 is 1.18. The first-order valence-electron chi connectivity index (χ1n) is 6.54. The Hall–Kier alpha value is -0.540. The molecule has 1 aromatic carbocycles. The molecule has 0 amide bonds. The smallest absolute Gasteiger partial charge is 0.0375 e. The zero-order chi connectivity index (χ0) is 13.8. The highest BCUT2D eigenvalue weighted by atomic mass is 79.9. The summed E-state index contributed by atoms with van der Waals surface area (Å²) in [5.41, 5.74) is 2.88. The molecule has 0 bridgehead atoms. The molecule has 0 spiro atoms. The first-order valence-corrected chi connectivity index (χ1v) is 7.33. The Morgan fingerprint density at radius 2 is 1.94 bits per heavy atom. The molecule has 0 fully saturated rings. The lowest BCUT2D eigenvalue weighted by Crippen LogP contribution is -2.29. The van der Waals surface area contributed by atoms with E-state index in [1.165, 1.54) is 15.7 Å². The van der Waals surface area contributed by atoms with Crippen molar-refractivity contribution in [3.63, 3.8) is 0 Å². The first-order chi connectivity index (χ1) is 8.33. The van der Waals surface area contributed by atoms with E-state index in [1.807, 2.05) is 0 Å². The quantitative estimate of drug-likeness (QED) is 0.882. The van der Waals surface area contributed by atoms with Crippen molar-refractivity contribution in [2.75, 3.05) is 25.0 Å². The van der Waals surface area contributed by atoms with Crippen molar-refractivity contribution in [3.05, 3.63) is 28.2 Å². The molecule has 0 heterocycles. The monoisotopic (exact) mass is 312 g/mol. The Bertz CT molecular complexity index is 383. The molecule has 0 aliphatic rings. The molecular weight excluding hydrogens is 288 g/mol. The molecule has 102 valence electrons. The van der Waals surface area contributed by atoms with Crippen LogP contribution in [-0.2, 0) is 6.54 Å². The summed E-state index contributed by atoms with van der Waals surface area (Å²) in [5.74, 6) is 0. The Morgan fingerprint density at radius 3 is 2.44 bits per heavy atom. The van der Waals surface area contributed by atoms with Crippen molar-refractivity contribution >= 4 is 21.6 Å². The number of anilines is 1. The predicted octanol–water partition coefficient (Wildman–Crippen LogP) is 4.04. The fourth-order valence-electron chi connectivity index (χ4n) is 1.98. The minimum Gasteiger partial charge on any atom is -0.374 e. The van der Waals surface area contributed by atoms with Crippen LogP contribution in [0.4, 0.5) is 5.69 Å². The van der Waals surface area contributed by atoms with E-state index < -0.39 is 0 Å². The molecule has 0 saturated heterocycles. The number of halogens is 1. The molecule has 2 nitrogen and oxygen atoms in total. The topological polar surface area (TPSA) is 15.3 Å². The molecule has 0 aromatic heterocycles. The number of hydrogen-bond donors (Lipinski definition) is 1. The van der Waals surface area contributed by atoms with Gasteiger partial charge < -0.3 is 10.2 Å². The maximum atomic E-state index is 3.66. The van der Waals surface area contributed by atoms with Crippen LogP contribution in [0.2, 0.25) is 0 Å². The Balaban J connectivity index is 2.77. The summed E-state index contributed by atoms with van der Waals surface area (Å²) in [6.45, 7) is 11.9. The second-order valence-electron chi connectivity index (χ2n) is 5.97. The first kappa shape index (κ1) is 15.5. The zero-order valence-electron chi connectivity index (χ0n) is 12.2. The van der Waals surface area contributed by atoms with Crippen molar-refractivity contribution in [1.82, 2.24) is 5.32 Å². The second kappa shape index (κ2) is 6.58. The fourth-order valence-corrected chi connectivity index (χ4v) is 2.49. The van der Waals surface area contributed by atoms with Gasteiger partial charge in [0.25, 0.3) is 0 Å². The van der Waals surface area contributed by atoms with Crippen molar-refractivity contribution < 1.29 is 0 Å². The highest BCUT2D eigenvalue weighted by Gasteiger charge is 2.14. The van der Waals surface area contributed by atoms with Gasteiger partial charge in [-0.25, -0.2) is 0 Å². The van der Waals surface area contributed by atoms with Gasteiger partial charge in [-0.05, 0) is 29.7 Å². The average Bonchev–Trinajstić information content (AvgIpc) is 2.25. The number of rotatable bonds is 5. The maximum absolute atomic E-state index is 3.66. The van der Waals surface area contributed by atoms with Crippen LogP contribution in [0.5, 0.6) is 0 Å². The van der Waals surface area contributed by atoms with Gasteiger partial charge in [-0.3, -0.25) is 0 Å². The molecule has 18 heavy (non-hydrogen) atoms. The highest BCUT2D eigenvalue weighted by molar-refractivity contribution is 9.10. The van der Waals surface area contributed by atoms with Crippen LogP contribution >= 0.6 is 15.9 Å². The third kappa shape index (κ3) is 4.99. The molecule has 0 saturated carbocycles. The van der Waals surface area contributed by atoms with Gasteiger partial charge in [0.15, 0.2) is 0 Å². The lowest BCUT2D eigenvalue weighted by atomic mass is 9.96. The summed E-state index contributed by atoms with van der Waals surface area (Å²) >= 11 is 3.66. The third-order valence-corrected chi connectivity index (χ3v) is 3.49. The van der Waals surface area contributed by atoms with E-state index in [9.17, 15) is 0 Å². The van der Waals surface area contributed by atoms with Crippen LogP contribution in [0.25, 0.3) is 0 Å². The molecule has 0 unspecified atom stereocenters. The summed E-state index contributed by atoms with van der Waals surface area (Å²) in [6, 6.07) is 6.60. The third-order valence-electron chi connectivity index (χ3n) is 2.75. The summed E-state index contributed by atoms with van der Waals surface area (Å²) in [6.07, 6.45) is 0. The van der Waals surface area contributed by atoms with E-state index in [1.54, 1.807) is 0 Å². The van der Waals surface area contributed by atoms with E-state index in [4.69, 9.17) is 0 Å². The van der Waals surface area contributed by atoms with Gasteiger partial charge in [-0.15, -0.1) is 0 Å². The summed E-state index contributed by atoms with van der Waals surface area (Å²) in [5, 5.41) is 3.35.